The number of amides is 1. The second kappa shape index (κ2) is 6.95. The molecule has 0 aliphatic heterocycles. The summed E-state index contributed by atoms with van der Waals surface area (Å²) in [4.78, 5) is 15.7. The minimum absolute atomic E-state index is 0.0294. The number of nitrogens with one attached hydrogen (secondary N) is 1. The first-order chi connectivity index (χ1) is 7.74. The van der Waals surface area contributed by atoms with Crippen LogP contribution in [0.4, 0.5) is 0 Å². The van der Waals surface area contributed by atoms with Crippen LogP contribution in [0, 0.1) is 6.92 Å². The Bertz CT molecular complexity index is 339. The van der Waals surface area contributed by atoms with Gasteiger partial charge in [-0.3, -0.25) is 9.78 Å². The molecule has 0 aromatic carbocycles. The van der Waals surface area contributed by atoms with Gasteiger partial charge in [0, 0.05) is 24.0 Å². The third-order valence-corrected chi connectivity index (χ3v) is 2.33. The lowest BCUT2D eigenvalue weighted by Crippen LogP contribution is -2.24. The normalized spacial score (nSPS) is 10.1. The number of aromatic nitrogens is 1. The summed E-state index contributed by atoms with van der Waals surface area (Å²) < 4.78 is 0. The van der Waals surface area contributed by atoms with E-state index < -0.39 is 0 Å². The van der Waals surface area contributed by atoms with Crippen molar-refractivity contribution in [2.75, 3.05) is 13.1 Å². The van der Waals surface area contributed by atoms with E-state index >= 15 is 0 Å². The van der Waals surface area contributed by atoms with Crippen molar-refractivity contribution in [3.8, 4) is 0 Å². The fourth-order valence-corrected chi connectivity index (χ4v) is 1.44. The number of hydrogen-bond donors (Lipinski definition) is 2. The van der Waals surface area contributed by atoms with Crippen LogP contribution in [0.15, 0.2) is 18.3 Å². The van der Waals surface area contributed by atoms with Gasteiger partial charge in [-0.1, -0.05) is 6.42 Å². The van der Waals surface area contributed by atoms with E-state index in [0.29, 0.717) is 12.1 Å². The van der Waals surface area contributed by atoms with Crippen LogP contribution in [0.3, 0.4) is 0 Å². The molecule has 1 aromatic rings. The molecule has 88 valence electrons. The van der Waals surface area contributed by atoms with E-state index in [-0.39, 0.29) is 5.91 Å². The molecule has 0 aliphatic carbocycles. The molecule has 0 unspecified atom stereocenters. The van der Waals surface area contributed by atoms with Gasteiger partial charge in [0.2, 0.25) is 0 Å². The molecule has 4 heteroatoms. The van der Waals surface area contributed by atoms with Gasteiger partial charge in [-0.15, -0.1) is 0 Å². The van der Waals surface area contributed by atoms with E-state index in [2.05, 4.69) is 10.3 Å². The Labute approximate surface area is 96.3 Å². The van der Waals surface area contributed by atoms with E-state index in [1.165, 1.54) is 0 Å². The van der Waals surface area contributed by atoms with Crippen molar-refractivity contribution in [1.29, 1.82) is 0 Å². The first-order valence-corrected chi connectivity index (χ1v) is 5.65. The highest BCUT2D eigenvalue weighted by Crippen LogP contribution is 2.00. The third kappa shape index (κ3) is 4.40. The summed E-state index contributed by atoms with van der Waals surface area (Å²) in [6.07, 6.45) is 4.71. The SMILES string of the molecule is Cc1cc(C(=O)NCCCCCN)ccn1. The smallest absolute Gasteiger partial charge is 0.251 e. The molecule has 0 bridgehead atoms. The van der Waals surface area contributed by atoms with Gasteiger partial charge in [0.15, 0.2) is 0 Å². The number of carbonyl (C=O) groups is 1. The fraction of sp³-hybridized carbons (Fsp3) is 0.500. The van der Waals surface area contributed by atoms with Crippen molar-refractivity contribution in [2.24, 2.45) is 5.73 Å². The van der Waals surface area contributed by atoms with Crippen molar-refractivity contribution in [1.82, 2.24) is 10.3 Å². The van der Waals surface area contributed by atoms with Crippen molar-refractivity contribution < 1.29 is 4.79 Å². The predicted molar refractivity (Wildman–Crippen MR) is 64.2 cm³/mol. The molecule has 0 fully saturated rings. The topological polar surface area (TPSA) is 68.0 Å². The monoisotopic (exact) mass is 221 g/mol. The summed E-state index contributed by atoms with van der Waals surface area (Å²) in [7, 11) is 0. The minimum atomic E-state index is -0.0294. The predicted octanol–water partition coefficient (Wildman–Crippen LogP) is 1.25. The van der Waals surface area contributed by atoms with Gasteiger partial charge in [-0.2, -0.15) is 0 Å². The lowest BCUT2D eigenvalue weighted by Gasteiger charge is -2.05. The summed E-state index contributed by atoms with van der Waals surface area (Å²) in [6.45, 7) is 3.30. The number of unbranched alkanes of at least 4 members (excludes halogenated alkanes) is 2. The summed E-state index contributed by atoms with van der Waals surface area (Å²) in [6, 6.07) is 3.51. The van der Waals surface area contributed by atoms with Gasteiger partial charge in [0.1, 0.15) is 0 Å². The molecule has 1 amide bonds. The van der Waals surface area contributed by atoms with Gasteiger partial charge < -0.3 is 11.1 Å². The Morgan fingerprint density at radius 3 is 2.94 bits per heavy atom. The maximum Gasteiger partial charge on any atom is 0.251 e. The molecule has 3 N–H and O–H groups in total. The molecule has 1 heterocycles. The quantitative estimate of drug-likeness (QED) is 0.710. The molecule has 16 heavy (non-hydrogen) atoms. The summed E-state index contributed by atoms with van der Waals surface area (Å²) in [5.41, 5.74) is 6.91. The number of carbonyl (C=O) groups excluding carboxylic acids is 1. The first-order valence-electron chi connectivity index (χ1n) is 5.65. The number of nitrogens with two attached hydrogens (primary N) is 1. The van der Waals surface area contributed by atoms with Crippen LogP contribution < -0.4 is 11.1 Å². The van der Waals surface area contributed by atoms with E-state index in [4.69, 9.17) is 5.73 Å². The lowest BCUT2D eigenvalue weighted by molar-refractivity contribution is 0.0953. The van der Waals surface area contributed by atoms with Crippen LogP contribution in [0.2, 0.25) is 0 Å². The van der Waals surface area contributed by atoms with Crippen LogP contribution >= 0.6 is 0 Å². The minimum Gasteiger partial charge on any atom is -0.352 e. The number of nitrogens with zero attached hydrogens (tertiary/aromatic N) is 1. The Kier molecular flexibility index (Phi) is 5.50. The fourth-order valence-electron chi connectivity index (χ4n) is 1.44. The number of aryl methyl sites for hydroxylation is 1. The number of hydrogen-bond acceptors (Lipinski definition) is 3. The maximum absolute atomic E-state index is 11.7. The van der Waals surface area contributed by atoms with Gasteiger partial charge in [0.05, 0.1) is 0 Å². The first kappa shape index (κ1) is 12.6. The molecule has 1 rings (SSSR count). The van der Waals surface area contributed by atoms with Crippen molar-refractivity contribution in [3.05, 3.63) is 29.6 Å². The van der Waals surface area contributed by atoms with E-state index in [9.17, 15) is 4.79 Å². The zero-order chi connectivity index (χ0) is 11.8. The van der Waals surface area contributed by atoms with E-state index in [1.807, 2.05) is 6.92 Å². The van der Waals surface area contributed by atoms with Gasteiger partial charge >= 0.3 is 0 Å². The lowest BCUT2D eigenvalue weighted by atomic mass is 10.2. The van der Waals surface area contributed by atoms with Crippen LogP contribution in [0.5, 0.6) is 0 Å². The Hall–Kier alpha value is -1.42. The molecule has 0 saturated carbocycles. The number of pyridine rings is 1. The molecule has 1 aromatic heterocycles. The van der Waals surface area contributed by atoms with Gasteiger partial charge in [-0.05, 0) is 38.4 Å². The van der Waals surface area contributed by atoms with Crippen LogP contribution in [-0.4, -0.2) is 24.0 Å². The van der Waals surface area contributed by atoms with Crippen LogP contribution in [-0.2, 0) is 0 Å². The molecular formula is C12H19N3O. The largest absolute Gasteiger partial charge is 0.352 e. The molecule has 4 nitrogen and oxygen atoms in total. The summed E-state index contributed by atoms with van der Waals surface area (Å²) in [5.74, 6) is -0.0294. The van der Waals surface area contributed by atoms with Crippen molar-refractivity contribution in [3.63, 3.8) is 0 Å². The van der Waals surface area contributed by atoms with Gasteiger partial charge in [0.25, 0.3) is 5.91 Å². The zero-order valence-corrected chi connectivity index (χ0v) is 9.70. The van der Waals surface area contributed by atoms with Crippen LogP contribution in [0.25, 0.3) is 0 Å². The highest BCUT2D eigenvalue weighted by Gasteiger charge is 2.04. The molecular weight excluding hydrogens is 202 g/mol. The molecule has 0 saturated heterocycles. The number of rotatable bonds is 6. The van der Waals surface area contributed by atoms with E-state index in [0.717, 1.165) is 31.5 Å². The molecule has 0 atom stereocenters. The average molecular weight is 221 g/mol. The molecule has 0 aliphatic rings. The Morgan fingerprint density at radius 2 is 2.25 bits per heavy atom. The highest BCUT2D eigenvalue weighted by atomic mass is 16.1. The highest BCUT2D eigenvalue weighted by molar-refractivity contribution is 5.94. The van der Waals surface area contributed by atoms with E-state index in [1.54, 1.807) is 18.3 Å². The maximum atomic E-state index is 11.7. The summed E-state index contributed by atoms with van der Waals surface area (Å²) in [5, 5.41) is 2.88. The zero-order valence-electron chi connectivity index (χ0n) is 9.70. The average Bonchev–Trinajstić information content (AvgIpc) is 2.28. The van der Waals surface area contributed by atoms with Gasteiger partial charge in [-0.25, -0.2) is 0 Å². The van der Waals surface area contributed by atoms with Crippen molar-refractivity contribution in [2.45, 2.75) is 26.2 Å². The summed E-state index contributed by atoms with van der Waals surface area (Å²) >= 11 is 0. The Morgan fingerprint density at radius 1 is 1.44 bits per heavy atom. The second-order valence-corrected chi connectivity index (χ2v) is 3.79. The molecule has 0 radical (unpaired) electrons. The second-order valence-electron chi connectivity index (χ2n) is 3.79. The van der Waals surface area contributed by atoms with Crippen molar-refractivity contribution >= 4 is 5.91 Å². The molecule has 0 spiro atoms. The standard InChI is InChI=1S/C12H19N3O/c1-10-9-11(5-8-14-10)12(16)15-7-4-2-3-6-13/h5,8-9H,2-4,6-7,13H2,1H3,(H,15,16). The Balaban J connectivity index is 2.30. The van der Waals surface area contributed by atoms with Crippen LogP contribution in [0.1, 0.15) is 35.3 Å². The third-order valence-electron chi connectivity index (χ3n) is 2.33.